The van der Waals surface area contributed by atoms with Gasteiger partial charge in [-0.3, -0.25) is 0 Å². The first-order valence-electron chi connectivity index (χ1n) is 6.78. The lowest BCUT2D eigenvalue weighted by Crippen LogP contribution is -2.31. The van der Waals surface area contributed by atoms with Crippen molar-refractivity contribution in [3.8, 4) is 0 Å². The Morgan fingerprint density at radius 1 is 1.26 bits per heavy atom. The van der Waals surface area contributed by atoms with E-state index in [1.807, 2.05) is 22.9 Å². The van der Waals surface area contributed by atoms with Gasteiger partial charge >= 0.3 is 7.12 Å². The fourth-order valence-electron chi connectivity index (χ4n) is 1.94. The highest BCUT2D eigenvalue weighted by molar-refractivity contribution is 8.43. The van der Waals surface area contributed by atoms with E-state index in [0.717, 1.165) is 16.3 Å². The molecule has 0 spiro atoms. The molecule has 1 unspecified atom stereocenters. The lowest BCUT2D eigenvalue weighted by atomic mass is 9.80. The summed E-state index contributed by atoms with van der Waals surface area (Å²) in [6.07, 6.45) is 0. The molecule has 3 nitrogen and oxygen atoms in total. The van der Waals surface area contributed by atoms with Gasteiger partial charge in [0.2, 0.25) is 0 Å². The summed E-state index contributed by atoms with van der Waals surface area (Å²) in [6, 6.07) is 13.4. The van der Waals surface area contributed by atoms with Crippen LogP contribution in [0.25, 0.3) is 0 Å². The summed E-state index contributed by atoms with van der Waals surface area (Å²) in [4.78, 5) is 0.823. The van der Waals surface area contributed by atoms with Crippen LogP contribution in [0.3, 0.4) is 0 Å². The monoisotopic (exact) mass is 387 g/mol. The van der Waals surface area contributed by atoms with Gasteiger partial charge in [0.15, 0.2) is 0 Å². The van der Waals surface area contributed by atoms with Crippen molar-refractivity contribution < 1.29 is 10.0 Å². The molecular weight excluding hydrogens is 372 g/mol. The molecule has 0 saturated carbocycles. The van der Waals surface area contributed by atoms with E-state index < -0.39 is 16.8 Å². The Balaban J connectivity index is 2.19. The zero-order valence-corrected chi connectivity index (χ0v) is 15.5. The van der Waals surface area contributed by atoms with Crippen LogP contribution < -0.4 is 10.8 Å². The minimum absolute atomic E-state index is 0.255. The van der Waals surface area contributed by atoms with Crippen molar-refractivity contribution in [2.24, 2.45) is 0 Å². The van der Waals surface area contributed by atoms with E-state index in [1.165, 1.54) is 5.56 Å². The van der Waals surface area contributed by atoms with Gasteiger partial charge in [-0.15, -0.1) is 11.8 Å². The van der Waals surface area contributed by atoms with E-state index in [0.29, 0.717) is 0 Å². The van der Waals surface area contributed by atoms with Crippen molar-refractivity contribution in [1.82, 2.24) is 0 Å². The molecule has 0 aliphatic rings. The SMILES string of the molecule is CNc1cc(B(O)O)c(Cl)cc1/S(Cl)=C/SCc1ccccc1. The summed E-state index contributed by atoms with van der Waals surface area (Å²) < 4.78 is 1.97. The van der Waals surface area contributed by atoms with Crippen LogP contribution in [0.2, 0.25) is 5.02 Å². The summed E-state index contributed by atoms with van der Waals surface area (Å²) in [6.45, 7) is 0. The maximum Gasteiger partial charge on any atom is 0.490 e. The Kier molecular flexibility index (Phi) is 7.33. The van der Waals surface area contributed by atoms with Gasteiger partial charge in [-0.05, 0) is 28.4 Å². The summed E-state index contributed by atoms with van der Waals surface area (Å²) in [5.74, 6) is 0.840. The summed E-state index contributed by atoms with van der Waals surface area (Å²) >= 11 is 7.74. The predicted octanol–water partition coefficient (Wildman–Crippen LogP) is 3.54. The van der Waals surface area contributed by atoms with E-state index in [9.17, 15) is 10.0 Å². The van der Waals surface area contributed by atoms with Crippen molar-refractivity contribution in [2.75, 3.05) is 12.4 Å². The summed E-state index contributed by atoms with van der Waals surface area (Å²) in [5.41, 5.74) is 2.21. The summed E-state index contributed by atoms with van der Waals surface area (Å²) in [5, 5.41) is 21.9. The smallest absolute Gasteiger partial charge is 0.423 e. The van der Waals surface area contributed by atoms with Crippen LogP contribution in [-0.2, 0) is 5.75 Å². The topological polar surface area (TPSA) is 52.5 Å². The number of halogens is 2. The lowest BCUT2D eigenvalue weighted by Gasteiger charge is -2.13. The number of benzene rings is 2. The van der Waals surface area contributed by atoms with E-state index in [4.69, 9.17) is 22.3 Å². The van der Waals surface area contributed by atoms with Gasteiger partial charge in [0.25, 0.3) is 0 Å². The van der Waals surface area contributed by atoms with Crippen molar-refractivity contribution in [3.63, 3.8) is 0 Å². The van der Waals surface area contributed by atoms with Gasteiger partial charge in [0.05, 0.1) is 0 Å². The van der Waals surface area contributed by atoms with E-state index in [2.05, 4.69) is 17.4 Å². The molecule has 2 aromatic rings. The Hall–Kier alpha value is -0.625. The molecule has 0 saturated heterocycles. The maximum absolute atomic E-state index is 9.32. The molecule has 0 amide bonds. The molecule has 1 atom stereocenters. The zero-order chi connectivity index (χ0) is 16.8. The molecule has 23 heavy (non-hydrogen) atoms. The molecule has 3 N–H and O–H groups in total. The Labute approximate surface area is 152 Å². The zero-order valence-electron chi connectivity index (χ0n) is 12.4. The Bertz CT molecular complexity index is 699. The molecule has 2 aromatic carbocycles. The van der Waals surface area contributed by atoms with Gasteiger partial charge in [-0.2, -0.15) is 0 Å². The van der Waals surface area contributed by atoms with Gasteiger partial charge in [0.1, 0.15) is 0 Å². The number of anilines is 1. The second-order valence-electron chi connectivity index (χ2n) is 4.67. The van der Waals surface area contributed by atoms with Crippen molar-refractivity contribution >= 4 is 66.7 Å². The molecule has 122 valence electrons. The molecule has 0 aliphatic carbocycles. The van der Waals surface area contributed by atoms with Crippen LogP contribution in [0.1, 0.15) is 5.56 Å². The second kappa shape index (κ2) is 9.01. The van der Waals surface area contributed by atoms with E-state index in [-0.39, 0.29) is 10.5 Å². The fourth-order valence-corrected chi connectivity index (χ4v) is 5.27. The van der Waals surface area contributed by atoms with Gasteiger partial charge in [0, 0.05) is 38.6 Å². The average molecular weight is 388 g/mol. The highest BCUT2D eigenvalue weighted by atomic mass is 35.7. The molecular formula is C15H16BCl2NO2S2. The van der Waals surface area contributed by atoms with Crippen LogP contribution in [0.15, 0.2) is 47.4 Å². The molecule has 2 rings (SSSR count). The van der Waals surface area contributed by atoms with Gasteiger partial charge in [-0.25, -0.2) is 0 Å². The van der Waals surface area contributed by atoms with Crippen LogP contribution in [-0.4, -0.2) is 28.9 Å². The largest absolute Gasteiger partial charge is 0.490 e. The molecule has 0 radical (unpaired) electrons. The fraction of sp³-hybridized carbons (Fsp3) is 0.133. The summed E-state index contributed by atoms with van der Waals surface area (Å²) in [7, 11) is 5.98. The normalized spacial score (nSPS) is 12.2. The number of rotatable bonds is 6. The highest BCUT2D eigenvalue weighted by Gasteiger charge is 2.18. The highest BCUT2D eigenvalue weighted by Crippen LogP contribution is 2.39. The number of nitrogens with one attached hydrogen (secondary N) is 1. The van der Waals surface area contributed by atoms with E-state index >= 15 is 0 Å². The first-order valence-corrected chi connectivity index (χ1v) is 10.3. The first-order chi connectivity index (χ1) is 11.0. The number of hydrogen-bond donors (Lipinski definition) is 3. The van der Waals surface area contributed by atoms with Crippen LogP contribution in [0.4, 0.5) is 5.69 Å². The number of hydrogen-bond acceptors (Lipinski definition) is 4. The first kappa shape index (κ1) is 18.7. The third kappa shape index (κ3) is 5.18. The van der Waals surface area contributed by atoms with Crippen molar-refractivity contribution in [3.05, 3.63) is 53.1 Å². The molecule has 0 aliphatic heterocycles. The minimum Gasteiger partial charge on any atom is -0.423 e. The average Bonchev–Trinajstić information content (AvgIpc) is 2.55. The predicted molar refractivity (Wildman–Crippen MR) is 106 cm³/mol. The van der Waals surface area contributed by atoms with Crippen LogP contribution >= 0.6 is 43.7 Å². The van der Waals surface area contributed by atoms with Crippen LogP contribution in [0, 0.1) is 0 Å². The number of thioether (sulfide) groups is 1. The third-order valence-corrected chi connectivity index (χ3v) is 7.06. The van der Waals surface area contributed by atoms with Crippen molar-refractivity contribution in [2.45, 2.75) is 10.6 Å². The van der Waals surface area contributed by atoms with Gasteiger partial charge in [-0.1, -0.05) is 51.6 Å². The molecule has 8 heteroatoms. The maximum atomic E-state index is 9.32. The quantitative estimate of drug-likeness (QED) is 0.524. The lowest BCUT2D eigenvalue weighted by molar-refractivity contribution is 0.426. The van der Waals surface area contributed by atoms with Crippen LogP contribution in [0.5, 0.6) is 0 Å². The Morgan fingerprint density at radius 2 is 1.96 bits per heavy atom. The molecule has 0 heterocycles. The van der Waals surface area contributed by atoms with E-state index in [1.54, 1.807) is 30.9 Å². The molecule has 0 aromatic heterocycles. The molecule has 0 fully saturated rings. The van der Waals surface area contributed by atoms with Gasteiger partial charge < -0.3 is 15.4 Å². The minimum atomic E-state index is -1.61. The third-order valence-electron chi connectivity index (χ3n) is 3.10. The second-order valence-corrected chi connectivity index (χ2v) is 8.47. The standard InChI is InChI=1S/C15H16BCl2NO2S2/c1-19-14-7-12(16(20)21)13(17)8-15(14)23(18)10-22-9-11-5-3-2-4-6-11/h2-8,10,19-21H,9H2,1H3. The molecule has 0 bridgehead atoms. The van der Waals surface area contributed by atoms with Crippen molar-refractivity contribution in [1.29, 1.82) is 0 Å². The Morgan fingerprint density at radius 3 is 2.57 bits per heavy atom.